The molecule has 21 heavy (non-hydrogen) atoms. The number of carbonyl (C=O) groups is 1. The number of likely N-dealkylation sites (N-methyl/N-ethyl adjacent to an activating group) is 1. The molecule has 0 saturated heterocycles. The quantitative estimate of drug-likeness (QED) is 0.813. The molecule has 0 spiro atoms. The van der Waals surface area contributed by atoms with E-state index in [-0.39, 0.29) is 18.6 Å². The maximum Gasteiger partial charge on any atom is 0.248 e. The van der Waals surface area contributed by atoms with E-state index in [9.17, 15) is 4.79 Å². The molecule has 0 N–H and O–H groups in total. The summed E-state index contributed by atoms with van der Waals surface area (Å²) in [5.41, 5.74) is 2.00. The normalized spacial score (nSPS) is 12.1. The average Bonchev–Trinajstić information content (AvgIpc) is 3.05. The van der Waals surface area contributed by atoms with Crippen molar-refractivity contribution in [3.8, 4) is 5.69 Å². The minimum Gasteiger partial charge on any atom is -0.372 e. The van der Waals surface area contributed by atoms with Crippen molar-refractivity contribution in [3.63, 3.8) is 0 Å². The van der Waals surface area contributed by atoms with Crippen molar-refractivity contribution in [2.24, 2.45) is 0 Å². The van der Waals surface area contributed by atoms with E-state index in [2.05, 4.69) is 10.1 Å². The third-order valence-electron chi connectivity index (χ3n) is 3.46. The molecular formula is C15H20N4O2. The van der Waals surface area contributed by atoms with E-state index in [4.69, 9.17) is 4.74 Å². The van der Waals surface area contributed by atoms with Crippen LogP contribution in [0.25, 0.3) is 5.69 Å². The van der Waals surface area contributed by atoms with Gasteiger partial charge in [-0.2, -0.15) is 5.10 Å². The van der Waals surface area contributed by atoms with Crippen LogP contribution in [0.3, 0.4) is 0 Å². The van der Waals surface area contributed by atoms with Gasteiger partial charge in [-0.15, -0.1) is 0 Å². The zero-order chi connectivity index (χ0) is 15.2. The Hall–Kier alpha value is -2.21. The summed E-state index contributed by atoms with van der Waals surface area (Å²) in [7, 11) is 1.79. The van der Waals surface area contributed by atoms with Gasteiger partial charge in [0, 0.05) is 13.7 Å². The van der Waals surface area contributed by atoms with Gasteiger partial charge in [-0.1, -0.05) is 12.1 Å². The van der Waals surface area contributed by atoms with Crippen molar-refractivity contribution in [2.75, 3.05) is 20.3 Å². The summed E-state index contributed by atoms with van der Waals surface area (Å²) in [6.45, 7) is 4.53. The number of benzene rings is 1. The van der Waals surface area contributed by atoms with Gasteiger partial charge in [0.2, 0.25) is 5.91 Å². The molecule has 0 aliphatic carbocycles. The molecule has 0 fully saturated rings. The van der Waals surface area contributed by atoms with Crippen molar-refractivity contribution in [1.29, 1.82) is 0 Å². The van der Waals surface area contributed by atoms with E-state index < -0.39 is 0 Å². The summed E-state index contributed by atoms with van der Waals surface area (Å²) in [5.74, 6) is -0.0234. The molecule has 1 heterocycles. The Labute approximate surface area is 124 Å². The predicted octanol–water partition coefficient (Wildman–Crippen LogP) is 1.82. The lowest BCUT2D eigenvalue weighted by molar-refractivity contribution is -0.136. The summed E-state index contributed by atoms with van der Waals surface area (Å²) in [4.78, 5) is 17.6. The average molecular weight is 288 g/mol. The van der Waals surface area contributed by atoms with Crippen LogP contribution in [0.4, 0.5) is 0 Å². The molecular weight excluding hydrogens is 268 g/mol. The molecule has 1 atom stereocenters. The summed E-state index contributed by atoms with van der Waals surface area (Å²) < 4.78 is 6.85. The SMILES string of the molecule is CCOCC(=O)N(C)C(C)c1ccc(-n2cncn2)cc1. The van der Waals surface area contributed by atoms with Gasteiger partial charge in [-0.3, -0.25) is 4.79 Å². The minimum absolute atomic E-state index is 0.0113. The lowest BCUT2D eigenvalue weighted by Gasteiger charge is -2.25. The molecule has 0 aliphatic heterocycles. The largest absolute Gasteiger partial charge is 0.372 e. The molecule has 1 unspecified atom stereocenters. The van der Waals surface area contributed by atoms with Crippen LogP contribution >= 0.6 is 0 Å². The molecule has 1 aromatic heterocycles. The summed E-state index contributed by atoms with van der Waals surface area (Å²) in [6, 6.07) is 7.89. The lowest BCUT2D eigenvalue weighted by atomic mass is 10.1. The maximum absolute atomic E-state index is 11.9. The highest BCUT2D eigenvalue weighted by molar-refractivity contribution is 5.77. The van der Waals surface area contributed by atoms with Gasteiger partial charge in [0.05, 0.1) is 11.7 Å². The van der Waals surface area contributed by atoms with Gasteiger partial charge >= 0.3 is 0 Å². The Morgan fingerprint density at radius 2 is 2.10 bits per heavy atom. The third kappa shape index (κ3) is 3.66. The van der Waals surface area contributed by atoms with Gasteiger partial charge in [-0.05, 0) is 31.5 Å². The number of hydrogen-bond donors (Lipinski definition) is 0. The topological polar surface area (TPSA) is 60.2 Å². The number of carbonyl (C=O) groups excluding carboxylic acids is 1. The van der Waals surface area contributed by atoms with Gasteiger partial charge in [-0.25, -0.2) is 9.67 Å². The molecule has 6 heteroatoms. The van der Waals surface area contributed by atoms with Crippen molar-refractivity contribution < 1.29 is 9.53 Å². The molecule has 2 rings (SSSR count). The molecule has 0 radical (unpaired) electrons. The fourth-order valence-corrected chi connectivity index (χ4v) is 1.98. The van der Waals surface area contributed by atoms with Gasteiger partial charge in [0.15, 0.2) is 0 Å². The fraction of sp³-hybridized carbons (Fsp3) is 0.400. The Balaban J connectivity index is 2.05. The van der Waals surface area contributed by atoms with Crippen LogP contribution in [0.2, 0.25) is 0 Å². The first-order valence-electron chi connectivity index (χ1n) is 6.91. The Morgan fingerprint density at radius 1 is 1.38 bits per heavy atom. The summed E-state index contributed by atoms with van der Waals surface area (Å²) in [5, 5.41) is 4.08. The van der Waals surface area contributed by atoms with Crippen LogP contribution in [0.1, 0.15) is 25.5 Å². The second-order valence-electron chi connectivity index (χ2n) is 4.75. The van der Waals surface area contributed by atoms with Crippen LogP contribution < -0.4 is 0 Å². The molecule has 0 aliphatic rings. The Kier molecular flexibility index (Phi) is 5.05. The molecule has 112 valence electrons. The van der Waals surface area contributed by atoms with E-state index in [0.29, 0.717) is 6.61 Å². The van der Waals surface area contributed by atoms with E-state index in [1.54, 1.807) is 23.0 Å². The van der Waals surface area contributed by atoms with E-state index in [0.717, 1.165) is 11.3 Å². The van der Waals surface area contributed by atoms with Crippen LogP contribution in [-0.4, -0.2) is 45.8 Å². The van der Waals surface area contributed by atoms with E-state index in [1.165, 1.54) is 6.33 Å². The second-order valence-corrected chi connectivity index (χ2v) is 4.75. The number of ether oxygens (including phenoxy) is 1. The predicted molar refractivity (Wildman–Crippen MR) is 79.0 cm³/mol. The fourth-order valence-electron chi connectivity index (χ4n) is 1.98. The number of aromatic nitrogens is 3. The monoisotopic (exact) mass is 288 g/mol. The van der Waals surface area contributed by atoms with Crippen molar-refractivity contribution >= 4 is 5.91 Å². The Bertz CT molecular complexity index is 566. The first-order valence-corrected chi connectivity index (χ1v) is 6.91. The summed E-state index contributed by atoms with van der Waals surface area (Å²) >= 11 is 0. The van der Waals surface area contributed by atoms with Gasteiger partial charge < -0.3 is 9.64 Å². The number of amides is 1. The zero-order valence-electron chi connectivity index (χ0n) is 12.6. The van der Waals surface area contributed by atoms with Crippen LogP contribution in [0.5, 0.6) is 0 Å². The number of rotatable bonds is 6. The molecule has 0 bridgehead atoms. The minimum atomic E-state index is -0.0234. The van der Waals surface area contributed by atoms with Crippen molar-refractivity contribution in [2.45, 2.75) is 19.9 Å². The van der Waals surface area contributed by atoms with E-state index in [1.807, 2.05) is 38.1 Å². The highest BCUT2D eigenvalue weighted by Crippen LogP contribution is 2.20. The molecule has 0 saturated carbocycles. The molecule has 2 aromatic rings. The third-order valence-corrected chi connectivity index (χ3v) is 3.46. The molecule has 1 amide bonds. The van der Waals surface area contributed by atoms with Crippen molar-refractivity contribution in [1.82, 2.24) is 19.7 Å². The molecule has 6 nitrogen and oxygen atoms in total. The molecule has 1 aromatic carbocycles. The van der Waals surface area contributed by atoms with Gasteiger partial charge in [0.1, 0.15) is 19.3 Å². The standard InChI is InChI=1S/C15H20N4O2/c1-4-21-9-15(20)18(3)12(2)13-5-7-14(8-6-13)19-11-16-10-17-19/h5-8,10-12H,4,9H2,1-3H3. The number of nitrogens with zero attached hydrogens (tertiary/aromatic N) is 4. The number of hydrogen-bond acceptors (Lipinski definition) is 4. The highest BCUT2D eigenvalue weighted by atomic mass is 16.5. The first-order chi connectivity index (χ1) is 10.1. The van der Waals surface area contributed by atoms with E-state index >= 15 is 0 Å². The lowest BCUT2D eigenvalue weighted by Crippen LogP contribution is -2.32. The van der Waals surface area contributed by atoms with Crippen LogP contribution in [0.15, 0.2) is 36.9 Å². The Morgan fingerprint density at radius 3 is 2.67 bits per heavy atom. The van der Waals surface area contributed by atoms with Crippen LogP contribution in [-0.2, 0) is 9.53 Å². The maximum atomic E-state index is 11.9. The zero-order valence-corrected chi connectivity index (χ0v) is 12.6. The van der Waals surface area contributed by atoms with Gasteiger partial charge in [0.25, 0.3) is 0 Å². The highest BCUT2D eigenvalue weighted by Gasteiger charge is 2.17. The second kappa shape index (κ2) is 6.99. The van der Waals surface area contributed by atoms with Crippen molar-refractivity contribution in [3.05, 3.63) is 42.5 Å². The first kappa shape index (κ1) is 15.2. The smallest absolute Gasteiger partial charge is 0.248 e. The van der Waals surface area contributed by atoms with Crippen LogP contribution in [0, 0.1) is 0 Å². The summed E-state index contributed by atoms with van der Waals surface area (Å²) in [6.07, 6.45) is 3.15.